The van der Waals surface area contributed by atoms with Crippen molar-refractivity contribution in [3.8, 4) is 11.5 Å². The summed E-state index contributed by atoms with van der Waals surface area (Å²) in [6, 6.07) is 3.07. The van der Waals surface area contributed by atoms with Gasteiger partial charge in [-0.15, -0.1) is 0 Å². The van der Waals surface area contributed by atoms with Gasteiger partial charge in [0.15, 0.2) is 16.7 Å². The molecule has 78 valence electrons. The molecule has 2 aromatic heterocycles. The van der Waals surface area contributed by atoms with E-state index in [1.807, 2.05) is 0 Å². The van der Waals surface area contributed by atoms with Gasteiger partial charge in [-0.2, -0.15) is 5.10 Å². The van der Waals surface area contributed by atoms with E-state index >= 15 is 0 Å². The summed E-state index contributed by atoms with van der Waals surface area (Å²) in [6.07, 6.45) is 0. The molecular formula is C8H4Cl2N2O3. The topological polar surface area (TPSA) is 79.1 Å². The normalized spacial score (nSPS) is 10.5. The minimum absolute atomic E-state index is 0.00600. The summed E-state index contributed by atoms with van der Waals surface area (Å²) in [5.74, 6) is -0.870. The van der Waals surface area contributed by atoms with Crippen LogP contribution in [-0.4, -0.2) is 21.3 Å². The number of carbonyl (C=O) groups is 1. The van der Waals surface area contributed by atoms with Gasteiger partial charge < -0.3 is 9.52 Å². The van der Waals surface area contributed by atoms with Crippen LogP contribution in [0.25, 0.3) is 11.5 Å². The van der Waals surface area contributed by atoms with Gasteiger partial charge in [0.2, 0.25) is 0 Å². The molecular weight excluding hydrogens is 243 g/mol. The Balaban J connectivity index is 2.50. The number of halogens is 2. The fourth-order valence-electron chi connectivity index (χ4n) is 1.07. The molecule has 2 rings (SSSR count). The molecule has 5 nitrogen and oxygen atoms in total. The number of nitrogens with zero attached hydrogens (tertiary/aromatic N) is 1. The first-order chi connectivity index (χ1) is 7.09. The molecule has 2 aromatic rings. The second-order valence-electron chi connectivity index (χ2n) is 2.67. The third-order valence-corrected chi connectivity index (χ3v) is 2.30. The second-order valence-corrected chi connectivity index (χ2v) is 3.42. The summed E-state index contributed by atoms with van der Waals surface area (Å²) in [6.45, 7) is 0. The predicted molar refractivity (Wildman–Crippen MR) is 53.3 cm³/mol. The average Bonchev–Trinajstić information content (AvgIpc) is 2.71. The van der Waals surface area contributed by atoms with Gasteiger partial charge in [0.05, 0.1) is 0 Å². The first-order valence-electron chi connectivity index (χ1n) is 3.82. The van der Waals surface area contributed by atoms with Crippen LogP contribution in [-0.2, 0) is 0 Å². The van der Waals surface area contributed by atoms with Crippen molar-refractivity contribution in [2.45, 2.75) is 0 Å². The summed E-state index contributed by atoms with van der Waals surface area (Å²) in [7, 11) is 0. The van der Waals surface area contributed by atoms with Crippen LogP contribution in [0, 0.1) is 0 Å². The molecule has 0 bridgehead atoms. The van der Waals surface area contributed by atoms with Gasteiger partial charge in [-0.05, 0) is 23.7 Å². The minimum Gasteiger partial charge on any atom is -0.476 e. The molecule has 0 atom stereocenters. The highest BCUT2D eigenvalue weighted by Gasteiger charge is 2.19. The van der Waals surface area contributed by atoms with Crippen molar-refractivity contribution >= 4 is 29.2 Å². The fourth-order valence-corrected chi connectivity index (χ4v) is 1.48. The first kappa shape index (κ1) is 10.1. The molecule has 0 aliphatic rings. The quantitative estimate of drug-likeness (QED) is 0.854. The van der Waals surface area contributed by atoms with Gasteiger partial charge >= 0.3 is 5.97 Å². The molecule has 0 aromatic carbocycles. The van der Waals surface area contributed by atoms with Crippen molar-refractivity contribution in [2.75, 3.05) is 0 Å². The highest BCUT2D eigenvalue weighted by molar-refractivity contribution is 6.35. The van der Waals surface area contributed by atoms with Crippen molar-refractivity contribution in [3.63, 3.8) is 0 Å². The maximum Gasteiger partial charge on any atom is 0.355 e. The van der Waals surface area contributed by atoms with E-state index in [-0.39, 0.29) is 21.6 Å². The van der Waals surface area contributed by atoms with E-state index in [9.17, 15) is 4.79 Å². The van der Waals surface area contributed by atoms with Crippen LogP contribution >= 0.6 is 23.2 Å². The molecule has 2 N–H and O–H groups in total. The van der Waals surface area contributed by atoms with E-state index in [0.29, 0.717) is 5.76 Å². The number of hydrogen-bond donors (Lipinski definition) is 2. The highest BCUT2D eigenvalue weighted by atomic mass is 35.5. The summed E-state index contributed by atoms with van der Waals surface area (Å²) in [5.41, 5.74) is 0.0418. The molecule has 0 amide bonds. The Kier molecular flexibility index (Phi) is 2.42. The molecule has 0 fully saturated rings. The number of furan rings is 1. The monoisotopic (exact) mass is 246 g/mol. The smallest absolute Gasteiger partial charge is 0.355 e. The lowest BCUT2D eigenvalue weighted by Gasteiger charge is -1.90. The standard InChI is InChI=1S/C8H4Cl2N2O3/c9-4-2-1-3(15-4)6-5(10)7(8(13)14)12-11-6/h1-2H,(H,11,12)(H,13,14). The van der Waals surface area contributed by atoms with Crippen molar-refractivity contribution in [3.05, 3.63) is 28.1 Å². The number of carboxylic acid groups (broad SMARTS) is 1. The lowest BCUT2D eigenvalue weighted by atomic mass is 10.3. The van der Waals surface area contributed by atoms with Gasteiger partial charge in [-0.1, -0.05) is 11.6 Å². The second kappa shape index (κ2) is 3.60. The van der Waals surface area contributed by atoms with Crippen LogP contribution in [0.3, 0.4) is 0 Å². The van der Waals surface area contributed by atoms with Gasteiger partial charge in [0, 0.05) is 0 Å². The molecule has 15 heavy (non-hydrogen) atoms. The van der Waals surface area contributed by atoms with Gasteiger partial charge in [0.25, 0.3) is 0 Å². The third-order valence-electron chi connectivity index (χ3n) is 1.73. The highest BCUT2D eigenvalue weighted by Crippen LogP contribution is 2.30. The van der Waals surface area contributed by atoms with Crippen LogP contribution in [0.5, 0.6) is 0 Å². The van der Waals surface area contributed by atoms with E-state index in [0.717, 1.165) is 0 Å². The molecule has 0 saturated carbocycles. The van der Waals surface area contributed by atoms with Crippen LogP contribution < -0.4 is 0 Å². The summed E-state index contributed by atoms with van der Waals surface area (Å²) in [4.78, 5) is 10.7. The summed E-state index contributed by atoms with van der Waals surface area (Å²) < 4.78 is 5.05. The minimum atomic E-state index is -1.18. The molecule has 0 saturated heterocycles. The Labute approximate surface area is 93.6 Å². The van der Waals surface area contributed by atoms with Gasteiger partial charge in [0.1, 0.15) is 10.7 Å². The molecule has 0 radical (unpaired) electrons. The van der Waals surface area contributed by atoms with Crippen LogP contribution in [0.4, 0.5) is 0 Å². The van der Waals surface area contributed by atoms with Crippen LogP contribution in [0.1, 0.15) is 10.5 Å². The summed E-state index contributed by atoms with van der Waals surface area (Å²) >= 11 is 11.4. The Morgan fingerprint density at radius 2 is 2.20 bits per heavy atom. The van der Waals surface area contributed by atoms with Gasteiger partial charge in [-0.25, -0.2) is 4.79 Å². The molecule has 0 spiro atoms. The van der Waals surface area contributed by atoms with E-state index in [1.54, 1.807) is 6.07 Å². The van der Waals surface area contributed by atoms with E-state index in [1.165, 1.54) is 6.07 Å². The number of aromatic nitrogens is 2. The maximum atomic E-state index is 10.7. The number of hydrogen-bond acceptors (Lipinski definition) is 3. The molecule has 0 aliphatic carbocycles. The third kappa shape index (κ3) is 1.71. The molecule has 7 heteroatoms. The number of H-pyrrole nitrogens is 1. The molecule has 0 aliphatic heterocycles. The zero-order valence-corrected chi connectivity index (χ0v) is 8.63. The SMILES string of the molecule is O=C(O)c1[nH]nc(-c2ccc(Cl)o2)c1Cl. The first-order valence-corrected chi connectivity index (χ1v) is 4.58. The Hall–Kier alpha value is -1.46. The zero-order valence-electron chi connectivity index (χ0n) is 7.12. The van der Waals surface area contributed by atoms with Crippen LogP contribution in [0.15, 0.2) is 16.5 Å². The summed E-state index contributed by atoms with van der Waals surface area (Å²) in [5, 5.41) is 14.9. The Morgan fingerprint density at radius 3 is 2.67 bits per heavy atom. The lowest BCUT2D eigenvalue weighted by molar-refractivity contribution is 0.0690. The number of aromatic amines is 1. The largest absolute Gasteiger partial charge is 0.476 e. The zero-order chi connectivity index (χ0) is 11.0. The molecule has 2 heterocycles. The number of carboxylic acids is 1. The van der Waals surface area contributed by atoms with Gasteiger partial charge in [-0.3, -0.25) is 5.10 Å². The van der Waals surface area contributed by atoms with Crippen LogP contribution in [0.2, 0.25) is 10.2 Å². The number of aromatic carboxylic acids is 1. The van der Waals surface area contributed by atoms with E-state index in [4.69, 9.17) is 32.7 Å². The van der Waals surface area contributed by atoms with E-state index < -0.39 is 5.97 Å². The Bertz CT molecular complexity index is 518. The Morgan fingerprint density at radius 1 is 1.47 bits per heavy atom. The average molecular weight is 247 g/mol. The number of rotatable bonds is 2. The van der Waals surface area contributed by atoms with Crippen molar-refractivity contribution < 1.29 is 14.3 Å². The van der Waals surface area contributed by atoms with Crippen molar-refractivity contribution in [1.29, 1.82) is 0 Å². The lowest BCUT2D eigenvalue weighted by Crippen LogP contribution is -1.96. The molecule has 0 unspecified atom stereocenters. The number of nitrogens with one attached hydrogen (secondary N) is 1. The maximum absolute atomic E-state index is 10.7. The van der Waals surface area contributed by atoms with Crippen molar-refractivity contribution in [1.82, 2.24) is 10.2 Å². The van der Waals surface area contributed by atoms with Crippen molar-refractivity contribution in [2.24, 2.45) is 0 Å². The van der Waals surface area contributed by atoms with E-state index in [2.05, 4.69) is 10.2 Å². The fraction of sp³-hybridized carbons (Fsp3) is 0. The predicted octanol–water partition coefficient (Wildman–Crippen LogP) is 2.67.